The highest BCUT2D eigenvalue weighted by Gasteiger charge is 2.12. The molecule has 0 aliphatic rings. The highest BCUT2D eigenvalue weighted by molar-refractivity contribution is 7.97. The lowest BCUT2D eigenvalue weighted by molar-refractivity contribution is 0.414. The van der Waals surface area contributed by atoms with Crippen molar-refractivity contribution in [2.45, 2.75) is 11.4 Å². The van der Waals surface area contributed by atoms with E-state index in [-0.39, 0.29) is 11.6 Å². The van der Waals surface area contributed by atoms with Gasteiger partial charge in [0.05, 0.1) is 12.6 Å². The van der Waals surface area contributed by atoms with Gasteiger partial charge in [-0.25, -0.2) is 0 Å². The predicted molar refractivity (Wildman–Crippen MR) is 122 cm³/mol. The SMILES string of the molecule is COc1ccc(CNSc2ccc3[nH]c(O)c(N=Nc4ccccc4N=O)c3c2)cc1. The summed E-state index contributed by atoms with van der Waals surface area (Å²) in [7, 11) is 1.64. The van der Waals surface area contributed by atoms with Crippen LogP contribution in [0.1, 0.15) is 5.56 Å². The summed E-state index contributed by atoms with van der Waals surface area (Å²) in [4.78, 5) is 14.8. The van der Waals surface area contributed by atoms with Crippen LogP contribution in [0.3, 0.4) is 0 Å². The van der Waals surface area contributed by atoms with E-state index in [0.29, 0.717) is 23.3 Å². The van der Waals surface area contributed by atoms with Gasteiger partial charge in [-0.3, -0.25) is 4.72 Å². The van der Waals surface area contributed by atoms with Crippen molar-refractivity contribution >= 4 is 39.9 Å². The summed E-state index contributed by atoms with van der Waals surface area (Å²) in [6.07, 6.45) is 0. The monoisotopic (exact) mass is 433 g/mol. The molecule has 0 aliphatic carbocycles. The first-order valence-corrected chi connectivity index (χ1v) is 10.2. The highest BCUT2D eigenvalue weighted by atomic mass is 32.2. The van der Waals surface area contributed by atoms with E-state index in [9.17, 15) is 10.0 Å². The van der Waals surface area contributed by atoms with Crippen molar-refractivity contribution in [3.05, 3.63) is 77.2 Å². The maximum atomic E-state index is 10.9. The molecule has 3 N–H and O–H groups in total. The van der Waals surface area contributed by atoms with E-state index in [1.54, 1.807) is 31.4 Å². The van der Waals surface area contributed by atoms with Crippen LogP contribution < -0.4 is 9.46 Å². The molecule has 0 unspecified atom stereocenters. The molecular weight excluding hydrogens is 414 g/mol. The molecule has 0 amide bonds. The lowest BCUT2D eigenvalue weighted by Gasteiger charge is -2.06. The summed E-state index contributed by atoms with van der Waals surface area (Å²) >= 11 is 1.47. The number of aromatic nitrogens is 1. The number of benzene rings is 3. The number of hydrogen-bond donors (Lipinski definition) is 3. The van der Waals surface area contributed by atoms with Gasteiger partial charge in [-0.2, -0.15) is 0 Å². The Kier molecular flexibility index (Phi) is 6.25. The summed E-state index contributed by atoms with van der Waals surface area (Å²) in [5.74, 6) is 0.728. The van der Waals surface area contributed by atoms with E-state index in [1.165, 1.54) is 11.9 Å². The zero-order chi connectivity index (χ0) is 21.6. The van der Waals surface area contributed by atoms with Crippen molar-refractivity contribution in [3.8, 4) is 11.6 Å². The van der Waals surface area contributed by atoms with Gasteiger partial charge in [0.25, 0.3) is 0 Å². The lowest BCUT2D eigenvalue weighted by atomic mass is 10.2. The summed E-state index contributed by atoms with van der Waals surface area (Å²) in [6, 6.07) is 20.2. The molecule has 0 fully saturated rings. The molecule has 8 nitrogen and oxygen atoms in total. The van der Waals surface area contributed by atoms with Crippen LogP contribution >= 0.6 is 11.9 Å². The third kappa shape index (κ3) is 4.73. The largest absolute Gasteiger partial charge is 0.497 e. The van der Waals surface area contributed by atoms with Gasteiger partial charge in [0.1, 0.15) is 17.1 Å². The minimum absolute atomic E-state index is 0.0939. The number of ether oxygens (including phenoxy) is 1. The zero-order valence-corrected chi connectivity index (χ0v) is 17.4. The summed E-state index contributed by atoms with van der Waals surface area (Å²) < 4.78 is 8.49. The van der Waals surface area contributed by atoms with Crippen molar-refractivity contribution in [1.29, 1.82) is 0 Å². The normalized spacial score (nSPS) is 11.3. The van der Waals surface area contributed by atoms with E-state index in [1.807, 2.05) is 42.5 Å². The number of methoxy groups -OCH3 is 1. The Labute approximate surface area is 182 Å². The highest BCUT2D eigenvalue weighted by Crippen LogP contribution is 2.39. The second kappa shape index (κ2) is 9.41. The van der Waals surface area contributed by atoms with Crippen molar-refractivity contribution in [2.24, 2.45) is 15.4 Å². The smallest absolute Gasteiger partial charge is 0.218 e. The number of nitrogens with one attached hydrogen (secondary N) is 2. The van der Waals surface area contributed by atoms with E-state index in [2.05, 4.69) is 25.1 Å². The topological polar surface area (TPSA) is 111 Å². The Hall–Kier alpha value is -3.69. The van der Waals surface area contributed by atoms with Gasteiger partial charge >= 0.3 is 0 Å². The predicted octanol–water partition coefficient (Wildman–Crippen LogP) is 6.49. The van der Waals surface area contributed by atoms with Gasteiger partial charge < -0.3 is 14.8 Å². The molecule has 156 valence electrons. The van der Waals surface area contributed by atoms with Crippen LogP contribution in [0, 0.1) is 4.91 Å². The van der Waals surface area contributed by atoms with Crippen molar-refractivity contribution in [3.63, 3.8) is 0 Å². The Morgan fingerprint density at radius 1 is 1.03 bits per heavy atom. The Morgan fingerprint density at radius 3 is 2.55 bits per heavy atom. The van der Waals surface area contributed by atoms with E-state index in [4.69, 9.17) is 4.74 Å². The molecule has 0 saturated carbocycles. The average Bonchev–Trinajstić information content (AvgIpc) is 3.12. The first-order chi connectivity index (χ1) is 15.2. The molecule has 0 bridgehead atoms. The molecule has 0 saturated heterocycles. The summed E-state index contributed by atoms with van der Waals surface area (Å²) in [5.41, 5.74) is 2.68. The minimum atomic E-state index is -0.0939. The Morgan fingerprint density at radius 2 is 1.81 bits per heavy atom. The van der Waals surface area contributed by atoms with Crippen LogP contribution in [0.25, 0.3) is 10.9 Å². The maximum absolute atomic E-state index is 10.9. The lowest BCUT2D eigenvalue weighted by Crippen LogP contribution is -2.02. The minimum Gasteiger partial charge on any atom is -0.497 e. The number of nitroso groups, excluding NO2 is 1. The first-order valence-electron chi connectivity index (χ1n) is 9.39. The molecule has 1 aromatic heterocycles. The van der Waals surface area contributed by atoms with Crippen LogP contribution in [-0.2, 0) is 6.54 Å². The number of nitrogens with zero attached hydrogens (tertiary/aromatic N) is 3. The van der Waals surface area contributed by atoms with Crippen molar-refractivity contribution < 1.29 is 9.84 Å². The van der Waals surface area contributed by atoms with Crippen LogP contribution in [0.2, 0.25) is 0 Å². The van der Waals surface area contributed by atoms with E-state index >= 15 is 0 Å². The van der Waals surface area contributed by atoms with Gasteiger partial charge in [-0.1, -0.05) is 24.3 Å². The fourth-order valence-electron chi connectivity index (χ4n) is 2.98. The molecule has 1 heterocycles. The molecule has 0 aliphatic heterocycles. The third-order valence-corrected chi connectivity index (χ3v) is 5.37. The molecule has 3 aromatic carbocycles. The second-order valence-corrected chi connectivity index (χ2v) is 7.55. The molecule has 9 heteroatoms. The van der Waals surface area contributed by atoms with Gasteiger partial charge in [0.15, 0.2) is 5.69 Å². The standard InChI is InChI=1S/C22H19N5O3S/c1-30-15-8-6-14(7-9-15)13-23-31-16-10-11-18-17(12-16)21(22(28)24-18)26-25-19-4-2-3-5-20(19)27-29/h2-12,23-24,28H,13H2,1H3. The van der Waals surface area contributed by atoms with Crippen molar-refractivity contribution in [2.75, 3.05) is 7.11 Å². The van der Waals surface area contributed by atoms with Gasteiger partial charge in [0.2, 0.25) is 5.88 Å². The summed E-state index contributed by atoms with van der Waals surface area (Å²) in [5, 5.41) is 22.2. The Bertz CT molecular complexity index is 1240. The second-order valence-electron chi connectivity index (χ2n) is 6.58. The molecule has 0 radical (unpaired) electrons. The van der Waals surface area contributed by atoms with Crippen LogP contribution in [0.15, 0.2) is 87.0 Å². The quantitative estimate of drug-likeness (QED) is 0.167. The van der Waals surface area contributed by atoms with Crippen LogP contribution in [0.5, 0.6) is 11.6 Å². The third-order valence-electron chi connectivity index (χ3n) is 4.59. The van der Waals surface area contributed by atoms with E-state index in [0.717, 1.165) is 21.7 Å². The van der Waals surface area contributed by atoms with E-state index < -0.39 is 0 Å². The fraction of sp³-hybridized carbons (Fsp3) is 0.0909. The summed E-state index contributed by atoms with van der Waals surface area (Å²) in [6.45, 7) is 0.674. The van der Waals surface area contributed by atoms with Crippen LogP contribution in [0.4, 0.5) is 17.1 Å². The fourth-order valence-corrected chi connectivity index (χ4v) is 3.70. The Balaban J connectivity index is 1.51. The van der Waals surface area contributed by atoms with Crippen LogP contribution in [-0.4, -0.2) is 17.2 Å². The van der Waals surface area contributed by atoms with Gasteiger partial charge in [0, 0.05) is 16.8 Å². The molecular formula is C22H19N5O3S. The van der Waals surface area contributed by atoms with Gasteiger partial charge in [-0.15, -0.1) is 15.1 Å². The molecule has 0 spiro atoms. The number of azo groups is 1. The number of fused-ring (bicyclic) bond motifs is 1. The first kappa shape index (κ1) is 20.6. The molecule has 4 aromatic rings. The molecule has 0 atom stereocenters. The average molecular weight is 433 g/mol. The van der Waals surface area contributed by atoms with Gasteiger partial charge in [-0.05, 0) is 65.2 Å². The number of rotatable bonds is 8. The molecule has 4 rings (SSSR count). The van der Waals surface area contributed by atoms with Crippen molar-refractivity contribution in [1.82, 2.24) is 9.71 Å². The number of aromatic hydroxyl groups is 1. The zero-order valence-electron chi connectivity index (χ0n) is 16.6. The molecule has 31 heavy (non-hydrogen) atoms. The number of hydrogen-bond acceptors (Lipinski definition) is 8. The number of aromatic amines is 1. The maximum Gasteiger partial charge on any atom is 0.218 e. The number of H-pyrrole nitrogens is 1.